The first-order chi connectivity index (χ1) is 12.2. The van der Waals surface area contributed by atoms with E-state index in [1.807, 2.05) is 12.2 Å². The fraction of sp³-hybridized carbons (Fsp3) is 0.238. The summed E-state index contributed by atoms with van der Waals surface area (Å²) in [6, 6.07) is 16.7. The Hall–Kier alpha value is -2.01. The number of fused-ring (bicyclic) bond motifs is 2. The summed E-state index contributed by atoms with van der Waals surface area (Å²) in [4.78, 5) is 6.82. The van der Waals surface area contributed by atoms with E-state index in [1.165, 1.54) is 9.79 Å². The molecule has 0 bridgehead atoms. The van der Waals surface area contributed by atoms with Crippen LogP contribution in [0.4, 0.5) is 11.4 Å². The Kier molecular flexibility index (Phi) is 5.97. The summed E-state index contributed by atoms with van der Waals surface area (Å²) in [6.45, 7) is 10.2. The Morgan fingerprint density at radius 3 is 2.00 bits per heavy atom. The van der Waals surface area contributed by atoms with Crippen LogP contribution in [0.5, 0.6) is 0 Å². The van der Waals surface area contributed by atoms with Gasteiger partial charge in [0.2, 0.25) is 0 Å². The summed E-state index contributed by atoms with van der Waals surface area (Å²) in [5.41, 5.74) is 2.31. The van der Waals surface area contributed by atoms with Crippen LogP contribution in [0.15, 0.2) is 83.6 Å². The first kappa shape index (κ1) is 17.8. The van der Waals surface area contributed by atoms with Crippen LogP contribution in [0.25, 0.3) is 0 Å². The van der Waals surface area contributed by atoms with Crippen LogP contribution in [0.2, 0.25) is 0 Å². The zero-order valence-electron chi connectivity index (χ0n) is 14.3. The zero-order valence-corrected chi connectivity index (χ0v) is 15.2. The number of para-hydroxylation sites is 2. The molecule has 0 radical (unpaired) electrons. The Morgan fingerprint density at radius 2 is 1.48 bits per heavy atom. The van der Waals surface area contributed by atoms with Gasteiger partial charge >= 0.3 is 0 Å². The Labute approximate surface area is 154 Å². The monoisotopic (exact) mass is 352 g/mol. The molecule has 1 aliphatic heterocycles. The van der Waals surface area contributed by atoms with Crippen LogP contribution in [-0.2, 0) is 0 Å². The van der Waals surface area contributed by atoms with Crippen molar-refractivity contribution in [3.8, 4) is 0 Å². The van der Waals surface area contributed by atoms with Crippen molar-refractivity contribution in [2.24, 2.45) is 0 Å². The van der Waals surface area contributed by atoms with Crippen molar-refractivity contribution in [1.82, 2.24) is 4.90 Å². The highest BCUT2D eigenvalue weighted by Gasteiger charge is 2.25. The maximum absolute atomic E-state index is 10.7. The molecule has 0 saturated heterocycles. The van der Waals surface area contributed by atoms with Crippen LogP contribution in [0, 0.1) is 0 Å². The first-order valence-corrected chi connectivity index (χ1v) is 9.30. The molecule has 0 aromatic heterocycles. The Morgan fingerprint density at radius 1 is 0.960 bits per heavy atom. The molecule has 0 amide bonds. The zero-order chi connectivity index (χ0) is 17.6. The number of hydrogen-bond donors (Lipinski definition) is 1. The van der Waals surface area contributed by atoms with Gasteiger partial charge in [-0.2, -0.15) is 0 Å². The summed E-state index contributed by atoms with van der Waals surface area (Å²) in [5, 5.41) is 10.7. The van der Waals surface area contributed by atoms with Gasteiger partial charge in [0.1, 0.15) is 0 Å². The highest BCUT2D eigenvalue weighted by atomic mass is 32.2. The molecule has 130 valence electrons. The molecule has 1 aliphatic rings. The SMILES string of the molecule is C=CCN(CC=C)C[C@@H](O)CN1c2ccccc2Sc2ccccc21. The second-order valence-corrected chi connectivity index (χ2v) is 7.18. The Balaban J connectivity index is 1.81. The average molecular weight is 353 g/mol. The summed E-state index contributed by atoms with van der Waals surface area (Å²) < 4.78 is 0. The lowest BCUT2D eigenvalue weighted by molar-refractivity contribution is 0.131. The third-order valence-electron chi connectivity index (χ3n) is 4.17. The predicted octanol–water partition coefficient (Wildman–Crippen LogP) is 4.32. The lowest BCUT2D eigenvalue weighted by atomic mass is 10.2. The minimum atomic E-state index is -0.468. The van der Waals surface area contributed by atoms with Gasteiger partial charge in [0, 0.05) is 29.4 Å². The largest absolute Gasteiger partial charge is 0.390 e. The highest BCUT2D eigenvalue weighted by molar-refractivity contribution is 7.99. The molecule has 3 nitrogen and oxygen atoms in total. The molecule has 0 spiro atoms. The van der Waals surface area contributed by atoms with E-state index in [1.54, 1.807) is 11.8 Å². The van der Waals surface area contributed by atoms with E-state index in [-0.39, 0.29) is 0 Å². The van der Waals surface area contributed by atoms with Gasteiger partial charge in [-0.15, -0.1) is 13.2 Å². The first-order valence-electron chi connectivity index (χ1n) is 8.48. The third kappa shape index (κ3) is 4.15. The van der Waals surface area contributed by atoms with Crippen molar-refractivity contribution in [3.05, 3.63) is 73.8 Å². The number of benzene rings is 2. The predicted molar refractivity (Wildman–Crippen MR) is 107 cm³/mol. The van der Waals surface area contributed by atoms with Crippen molar-refractivity contribution < 1.29 is 5.11 Å². The van der Waals surface area contributed by atoms with Crippen molar-refractivity contribution in [3.63, 3.8) is 0 Å². The average Bonchev–Trinajstić information content (AvgIpc) is 2.62. The van der Waals surface area contributed by atoms with Gasteiger partial charge in [0.05, 0.1) is 24.0 Å². The molecule has 1 N–H and O–H groups in total. The quantitative estimate of drug-likeness (QED) is 0.716. The maximum atomic E-state index is 10.7. The van der Waals surface area contributed by atoms with E-state index < -0.39 is 6.10 Å². The number of anilines is 2. The molecule has 0 fully saturated rings. The molecule has 4 heteroatoms. The van der Waals surface area contributed by atoms with E-state index in [2.05, 4.69) is 71.5 Å². The van der Waals surface area contributed by atoms with Crippen LogP contribution >= 0.6 is 11.8 Å². The van der Waals surface area contributed by atoms with E-state index in [4.69, 9.17) is 0 Å². The fourth-order valence-electron chi connectivity index (χ4n) is 3.13. The molecule has 3 rings (SSSR count). The van der Waals surface area contributed by atoms with Gasteiger partial charge in [-0.3, -0.25) is 4.90 Å². The van der Waals surface area contributed by atoms with Crippen molar-refractivity contribution >= 4 is 23.1 Å². The lowest BCUT2D eigenvalue weighted by Gasteiger charge is -2.35. The Bertz CT molecular complexity index is 691. The standard InChI is InChI=1S/C21H24N2OS/c1-3-13-22(14-4-2)15-17(24)16-23-18-9-5-7-11-20(18)25-21-12-8-6-10-19(21)23/h3-12,17,24H,1-2,13-16H2/t17-/m1/s1. The minimum Gasteiger partial charge on any atom is -0.390 e. The van der Waals surface area contributed by atoms with E-state index >= 15 is 0 Å². The van der Waals surface area contributed by atoms with E-state index in [0.29, 0.717) is 13.1 Å². The van der Waals surface area contributed by atoms with Gasteiger partial charge in [0.15, 0.2) is 0 Å². The fourth-order valence-corrected chi connectivity index (χ4v) is 4.23. The molecule has 1 atom stereocenters. The normalized spacial score (nSPS) is 13.9. The van der Waals surface area contributed by atoms with E-state index in [0.717, 1.165) is 24.5 Å². The molecule has 2 aromatic rings. The van der Waals surface area contributed by atoms with Gasteiger partial charge in [-0.25, -0.2) is 0 Å². The van der Waals surface area contributed by atoms with E-state index in [9.17, 15) is 5.11 Å². The van der Waals surface area contributed by atoms with Gasteiger partial charge < -0.3 is 10.0 Å². The lowest BCUT2D eigenvalue weighted by Crippen LogP contribution is -2.39. The maximum Gasteiger partial charge on any atom is 0.0846 e. The molecule has 0 unspecified atom stereocenters. The topological polar surface area (TPSA) is 26.7 Å². The van der Waals surface area contributed by atoms with Crippen molar-refractivity contribution in [2.75, 3.05) is 31.1 Å². The molecule has 0 aliphatic carbocycles. The number of rotatable bonds is 8. The molecular formula is C21H24N2OS. The number of nitrogens with zero attached hydrogens (tertiary/aromatic N) is 2. The van der Waals surface area contributed by atoms with Crippen LogP contribution in [0.3, 0.4) is 0 Å². The van der Waals surface area contributed by atoms with Crippen molar-refractivity contribution in [1.29, 1.82) is 0 Å². The molecule has 2 aromatic carbocycles. The summed E-state index contributed by atoms with van der Waals surface area (Å²) in [7, 11) is 0. The second-order valence-electron chi connectivity index (χ2n) is 6.10. The number of hydrogen-bond acceptors (Lipinski definition) is 4. The summed E-state index contributed by atoms with van der Waals surface area (Å²) >= 11 is 1.78. The van der Waals surface area contributed by atoms with Gasteiger partial charge in [-0.05, 0) is 24.3 Å². The molecule has 25 heavy (non-hydrogen) atoms. The van der Waals surface area contributed by atoms with Gasteiger partial charge in [0.25, 0.3) is 0 Å². The highest BCUT2D eigenvalue weighted by Crippen LogP contribution is 2.47. The number of β-amino-alcohol motifs (C(OH)–C–C–N with tert-alkyl or cyclic N) is 1. The van der Waals surface area contributed by atoms with Crippen molar-refractivity contribution in [2.45, 2.75) is 15.9 Å². The molecule has 1 heterocycles. The van der Waals surface area contributed by atoms with Gasteiger partial charge in [-0.1, -0.05) is 48.2 Å². The summed E-state index contributed by atoms with van der Waals surface area (Å²) in [6.07, 6.45) is 3.25. The smallest absolute Gasteiger partial charge is 0.0846 e. The minimum absolute atomic E-state index is 0.468. The number of aliphatic hydroxyl groups excluding tert-OH is 1. The third-order valence-corrected chi connectivity index (χ3v) is 5.30. The molecular weight excluding hydrogens is 328 g/mol. The number of aliphatic hydroxyl groups is 1. The van der Waals surface area contributed by atoms with Crippen LogP contribution in [-0.4, -0.2) is 42.3 Å². The van der Waals surface area contributed by atoms with Crippen LogP contribution < -0.4 is 4.90 Å². The second kappa shape index (κ2) is 8.39. The summed E-state index contributed by atoms with van der Waals surface area (Å²) in [5.74, 6) is 0. The molecule has 0 saturated carbocycles. The van der Waals surface area contributed by atoms with Crippen LogP contribution in [0.1, 0.15) is 0 Å².